The lowest BCUT2D eigenvalue weighted by molar-refractivity contribution is -0.139. The topological polar surface area (TPSA) is 72.9 Å². The van der Waals surface area contributed by atoms with E-state index in [2.05, 4.69) is 22.3 Å². The van der Waals surface area contributed by atoms with Crippen LogP contribution in [0.2, 0.25) is 0 Å². The predicted octanol–water partition coefficient (Wildman–Crippen LogP) is 3.49. The maximum atomic E-state index is 13.5. The number of anilines is 3. The number of Topliss-reactive ketones (excluding diaryl/α,β-unsaturated/α-hetero) is 1. The monoisotopic (exact) mass is 425 g/mol. The molecular formula is C22H20FN3O3S. The number of benzene rings is 2. The molecule has 30 heavy (non-hydrogen) atoms. The molecule has 2 N–H and O–H groups in total. The van der Waals surface area contributed by atoms with Gasteiger partial charge in [-0.25, -0.2) is 4.39 Å². The van der Waals surface area contributed by atoms with Crippen molar-refractivity contribution in [2.24, 2.45) is 5.92 Å². The molecule has 8 heteroatoms. The van der Waals surface area contributed by atoms with Crippen LogP contribution < -0.4 is 15.1 Å². The third kappa shape index (κ3) is 3.12. The van der Waals surface area contributed by atoms with Gasteiger partial charge in [0.1, 0.15) is 11.7 Å². The lowest BCUT2D eigenvalue weighted by Crippen LogP contribution is -2.43. The zero-order valence-corrected chi connectivity index (χ0v) is 16.9. The largest absolute Gasteiger partial charge is 0.481 e. The quantitative estimate of drug-likeness (QED) is 0.626. The maximum Gasteiger partial charge on any atom is 0.316 e. The van der Waals surface area contributed by atoms with Crippen LogP contribution in [0.1, 0.15) is 9.67 Å². The standard InChI is InChI=1S/C22H20FN3O3S/c23-13-1-3-14(4-2-13)26-12-17(22(28)29)20(27)21-19(26)16-6-5-15(11-18(16)30-21)25-9-7-24-8-10-25/h1-6,11,17,24H,7-10,12H2,(H,28,29). The minimum Gasteiger partial charge on any atom is -0.481 e. The normalized spacial score (nSPS) is 19.2. The molecule has 1 fully saturated rings. The van der Waals surface area contributed by atoms with Crippen molar-refractivity contribution < 1.29 is 19.1 Å². The molecule has 0 spiro atoms. The molecule has 1 atom stereocenters. The van der Waals surface area contributed by atoms with Gasteiger partial charge >= 0.3 is 5.97 Å². The average molecular weight is 425 g/mol. The second kappa shape index (κ2) is 7.37. The summed E-state index contributed by atoms with van der Waals surface area (Å²) in [6, 6.07) is 12.1. The molecule has 1 saturated heterocycles. The van der Waals surface area contributed by atoms with Gasteiger partial charge in [-0.05, 0) is 42.5 Å². The molecule has 1 aromatic heterocycles. The van der Waals surface area contributed by atoms with Crippen molar-refractivity contribution in [3.8, 4) is 0 Å². The highest BCUT2D eigenvalue weighted by Gasteiger charge is 2.39. The Balaban J connectivity index is 1.65. The summed E-state index contributed by atoms with van der Waals surface area (Å²) in [6.07, 6.45) is 0. The number of piperazine rings is 1. The van der Waals surface area contributed by atoms with Crippen molar-refractivity contribution >= 4 is 50.2 Å². The summed E-state index contributed by atoms with van der Waals surface area (Å²) in [4.78, 5) is 29.3. The molecule has 3 aromatic rings. The lowest BCUT2D eigenvalue weighted by atomic mass is 9.95. The molecule has 0 radical (unpaired) electrons. The maximum absolute atomic E-state index is 13.5. The van der Waals surface area contributed by atoms with Crippen LogP contribution in [0.15, 0.2) is 42.5 Å². The Bertz CT molecular complexity index is 1140. The summed E-state index contributed by atoms with van der Waals surface area (Å²) in [5, 5.41) is 13.9. The summed E-state index contributed by atoms with van der Waals surface area (Å²) in [5.41, 5.74) is 2.48. The highest BCUT2D eigenvalue weighted by atomic mass is 32.1. The van der Waals surface area contributed by atoms with Crippen molar-refractivity contribution in [2.45, 2.75) is 0 Å². The third-order valence-electron chi connectivity index (χ3n) is 5.74. The summed E-state index contributed by atoms with van der Waals surface area (Å²) in [7, 11) is 0. The fourth-order valence-electron chi connectivity index (χ4n) is 4.19. The van der Waals surface area contributed by atoms with Crippen molar-refractivity contribution in [2.75, 3.05) is 42.5 Å². The van der Waals surface area contributed by atoms with Gasteiger partial charge in [0, 0.05) is 54.2 Å². The van der Waals surface area contributed by atoms with Crippen LogP contribution in [-0.2, 0) is 4.79 Å². The first-order valence-electron chi connectivity index (χ1n) is 9.85. The molecule has 6 nitrogen and oxygen atoms in total. The van der Waals surface area contributed by atoms with Gasteiger partial charge in [-0.1, -0.05) is 0 Å². The zero-order valence-electron chi connectivity index (χ0n) is 16.1. The van der Waals surface area contributed by atoms with Crippen LogP contribution in [0, 0.1) is 11.7 Å². The molecule has 154 valence electrons. The number of carbonyl (C=O) groups excluding carboxylic acids is 1. The second-order valence-electron chi connectivity index (χ2n) is 7.54. The van der Waals surface area contributed by atoms with Crippen LogP contribution in [0.3, 0.4) is 0 Å². The Hall–Kier alpha value is -2.97. The number of hydrogen-bond acceptors (Lipinski definition) is 6. The van der Waals surface area contributed by atoms with Crippen LogP contribution in [0.5, 0.6) is 0 Å². The van der Waals surface area contributed by atoms with Gasteiger partial charge in [-0.3, -0.25) is 9.59 Å². The van der Waals surface area contributed by atoms with E-state index in [0.29, 0.717) is 10.6 Å². The molecular weight excluding hydrogens is 405 g/mol. The number of thiophene rings is 1. The number of hydrogen-bond donors (Lipinski definition) is 2. The minimum atomic E-state index is -1.15. The van der Waals surface area contributed by atoms with Gasteiger partial charge in [0.2, 0.25) is 0 Å². The van der Waals surface area contributed by atoms with Gasteiger partial charge in [0.25, 0.3) is 0 Å². The molecule has 2 aliphatic heterocycles. The van der Waals surface area contributed by atoms with Crippen LogP contribution in [0.25, 0.3) is 10.1 Å². The molecule has 2 aliphatic rings. The van der Waals surface area contributed by atoms with Crippen molar-refractivity contribution in [3.05, 3.63) is 53.2 Å². The Labute approximate surface area is 176 Å². The van der Waals surface area contributed by atoms with Gasteiger partial charge in [-0.2, -0.15) is 0 Å². The van der Waals surface area contributed by atoms with Crippen LogP contribution >= 0.6 is 11.3 Å². The fourth-order valence-corrected chi connectivity index (χ4v) is 5.42. The van der Waals surface area contributed by atoms with E-state index in [0.717, 1.165) is 47.6 Å². The Morgan fingerprint density at radius 2 is 1.80 bits per heavy atom. The first-order valence-corrected chi connectivity index (χ1v) is 10.7. The zero-order chi connectivity index (χ0) is 20.8. The number of carbonyl (C=O) groups is 2. The van der Waals surface area contributed by atoms with E-state index in [-0.39, 0.29) is 18.1 Å². The predicted molar refractivity (Wildman–Crippen MR) is 116 cm³/mol. The van der Waals surface area contributed by atoms with E-state index in [1.54, 1.807) is 12.1 Å². The number of ketones is 1. The molecule has 0 aliphatic carbocycles. The summed E-state index contributed by atoms with van der Waals surface area (Å²) in [5.74, 6) is -3.02. The first kappa shape index (κ1) is 19.0. The van der Waals surface area contributed by atoms with Gasteiger partial charge < -0.3 is 20.2 Å². The van der Waals surface area contributed by atoms with Gasteiger partial charge in [0.05, 0.1) is 10.6 Å². The smallest absolute Gasteiger partial charge is 0.316 e. The van der Waals surface area contributed by atoms with E-state index in [1.807, 2.05) is 11.0 Å². The lowest BCUT2D eigenvalue weighted by Gasteiger charge is -2.32. The van der Waals surface area contributed by atoms with Crippen molar-refractivity contribution in [1.82, 2.24) is 5.32 Å². The van der Waals surface area contributed by atoms with Crippen molar-refractivity contribution in [3.63, 3.8) is 0 Å². The second-order valence-corrected chi connectivity index (χ2v) is 8.59. The highest BCUT2D eigenvalue weighted by Crippen LogP contribution is 2.46. The third-order valence-corrected chi connectivity index (χ3v) is 6.90. The Morgan fingerprint density at radius 3 is 2.50 bits per heavy atom. The molecule has 0 bridgehead atoms. The van der Waals surface area contributed by atoms with E-state index in [9.17, 15) is 19.1 Å². The minimum absolute atomic E-state index is 0.0260. The highest BCUT2D eigenvalue weighted by molar-refractivity contribution is 7.21. The first-order chi connectivity index (χ1) is 14.5. The SMILES string of the molecule is O=C(O)C1CN(c2ccc(F)cc2)c2c(sc3cc(N4CCNCC4)ccc23)C1=O. The Morgan fingerprint density at radius 1 is 1.10 bits per heavy atom. The van der Waals surface area contributed by atoms with E-state index in [1.165, 1.54) is 23.5 Å². The van der Waals surface area contributed by atoms with E-state index in [4.69, 9.17) is 0 Å². The molecule has 0 amide bonds. The van der Waals surface area contributed by atoms with E-state index >= 15 is 0 Å². The number of nitrogens with zero attached hydrogens (tertiary/aromatic N) is 2. The number of nitrogens with one attached hydrogen (secondary N) is 1. The number of halogens is 1. The summed E-state index contributed by atoms with van der Waals surface area (Å²) < 4.78 is 14.4. The number of aliphatic carboxylic acids is 1. The average Bonchev–Trinajstić information content (AvgIpc) is 3.15. The molecule has 0 saturated carbocycles. The van der Waals surface area contributed by atoms with Crippen molar-refractivity contribution in [1.29, 1.82) is 0 Å². The molecule has 2 aromatic carbocycles. The number of rotatable bonds is 3. The number of carboxylic acid groups (broad SMARTS) is 1. The molecule has 1 unspecified atom stereocenters. The van der Waals surface area contributed by atoms with Gasteiger partial charge in [-0.15, -0.1) is 11.3 Å². The number of carboxylic acids is 1. The van der Waals surface area contributed by atoms with E-state index < -0.39 is 11.9 Å². The number of fused-ring (bicyclic) bond motifs is 3. The summed E-state index contributed by atoms with van der Waals surface area (Å²) in [6.45, 7) is 3.71. The van der Waals surface area contributed by atoms with Crippen LogP contribution in [0.4, 0.5) is 21.5 Å². The van der Waals surface area contributed by atoms with Gasteiger partial charge in [0.15, 0.2) is 5.78 Å². The fraction of sp³-hybridized carbons (Fsp3) is 0.273. The Kier molecular flexibility index (Phi) is 4.67. The van der Waals surface area contributed by atoms with Crippen LogP contribution in [-0.4, -0.2) is 49.6 Å². The summed E-state index contributed by atoms with van der Waals surface area (Å²) >= 11 is 1.34. The molecule has 5 rings (SSSR count). The molecule has 3 heterocycles.